The van der Waals surface area contributed by atoms with Gasteiger partial charge in [0, 0.05) is 20.5 Å². The van der Waals surface area contributed by atoms with Crippen molar-refractivity contribution in [3.8, 4) is 27.8 Å². The molecule has 2 nitrogen and oxygen atoms in total. The maximum Gasteiger partial charge on any atom is 0.124 e. The summed E-state index contributed by atoms with van der Waals surface area (Å²) >= 11 is 6.72. The Balaban J connectivity index is 2.04. The average molecular weight is 437 g/mol. The van der Waals surface area contributed by atoms with Crippen LogP contribution in [0.5, 0.6) is 0 Å². The fraction of sp³-hybridized carbons (Fsp3) is 0.0476. The van der Waals surface area contributed by atoms with Gasteiger partial charge in [-0.25, -0.2) is 4.98 Å². The van der Waals surface area contributed by atoms with E-state index in [1.54, 1.807) is 23.1 Å². The highest BCUT2D eigenvalue weighted by molar-refractivity contribution is 9.10. The van der Waals surface area contributed by atoms with Gasteiger partial charge in [-0.05, 0) is 30.0 Å². The summed E-state index contributed by atoms with van der Waals surface area (Å²) < 4.78 is 2.10. The van der Waals surface area contributed by atoms with Gasteiger partial charge >= 0.3 is 0 Å². The zero-order chi connectivity index (χ0) is 18.1. The number of benzene rings is 3. The summed E-state index contributed by atoms with van der Waals surface area (Å²) in [7, 11) is 0. The van der Waals surface area contributed by atoms with Gasteiger partial charge in [0.2, 0.25) is 0 Å². The smallest absolute Gasteiger partial charge is 0.124 e. The maximum atomic E-state index is 9.72. The van der Waals surface area contributed by atoms with E-state index in [1.165, 1.54) is 0 Å². The summed E-state index contributed by atoms with van der Waals surface area (Å²) in [5.41, 5.74) is 4.77. The van der Waals surface area contributed by atoms with Crippen LogP contribution in [0, 0.1) is 11.3 Å². The van der Waals surface area contributed by atoms with E-state index in [0.29, 0.717) is 5.56 Å². The first-order valence-corrected chi connectivity index (χ1v) is 10.8. The Labute approximate surface area is 168 Å². The Bertz CT molecular complexity index is 1130. The van der Waals surface area contributed by atoms with Crippen molar-refractivity contribution in [1.82, 2.24) is 4.98 Å². The van der Waals surface area contributed by atoms with E-state index in [0.717, 1.165) is 41.3 Å². The number of nitriles is 1. The molecule has 26 heavy (non-hydrogen) atoms. The Hall–Kier alpha value is -2.13. The molecule has 0 aliphatic carbocycles. The van der Waals surface area contributed by atoms with Crippen molar-refractivity contribution in [2.45, 2.75) is 4.90 Å². The van der Waals surface area contributed by atoms with Gasteiger partial charge in [-0.15, -0.1) is 23.1 Å². The van der Waals surface area contributed by atoms with Crippen molar-refractivity contribution >= 4 is 49.2 Å². The van der Waals surface area contributed by atoms with Crippen LogP contribution in [0.2, 0.25) is 0 Å². The minimum Gasteiger partial charge on any atom is -0.235 e. The standard InChI is InChI=1S/C21H13BrN2S2/c1-25-18-11-16(13-7-9-15(22)10-8-13)20-19(17(18)12-23)24-21(26-20)14-5-3-2-4-6-14/h2-11H,1H3. The van der Waals surface area contributed by atoms with Gasteiger partial charge < -0.3 is 0 Å². The van der Waals surface area contributed by atoms with Crippen LogP contribution >= 0.6 is 39.0 Å². The van der Waals surface area contributed by atoms with Crippen molar-refractivity contribution in [2.24, 2.45) is 0 Å². The lowest BCUT2D eigenvalue weighted by Gasteiger charge is -2.08. The van der Waals surface area contributed by atoms with Gasteiger partial charge in [0.15, 0.2) is 0 Å². The molecule has 0 saturated carbocycles. The number of halogens is 1. The highest BCUT2D eigenvalue weighted by Crippen LogP contribution is 2.41. The van der Waals surface area contributed by atoms with E-state index in [-0.39, 0.29) is 0 Å². The molecular formula is C21H13BrN2S2. The molecule has 3 aromatic carbocycles. The first kappa shape index (κ1) is 17.3. The molecule has 0 aliphatic rings. The van der Waals surface area contributed by atoms with Crippen molar-refractivity contribution in [3.05, 3.63) is 70.7 Å². The van der Waals surface area contributed by atoms with Crippen LogP contribution in [0.25, 0.3) is 31.9 Å². The third-order valence-electron chi connectivity index (χ3n) is 4.14. The number of nitrogens with zero attached hydrogens (tertiary/aromatic N) is 2. The van der Waals surface area contributed by atoms with Gasteiger partial charge in [-0.3, -0.25) is 0 Å². The normalized spacial score (nSPS) is 10.8. The van der Waals surface area contributed by atoms with Gasteiger partial charge in [0.1, 0.15) is 16.6 Å². The molecule has 1 heterocycles. The highest BCUT2D eigenvalue weighted by atomic mass is 79.9. The molecule has 0 atom stereocenters. The monoisotopic (exact) mass is 436 g/mol. The Morgan fingerprint density at radius 3 is 2.42 bits per heavy atom. The molecule has 0 fully saturated rings. The van der Waals surface area contributed by atoms with E-state index in [1.807, 2.05) is 36.6 Å². The van der Waals surface area contributed by atoms with Crippen molar-refractivity contribution in [1.29, 1.82) is 5.26 Å². The Morgan fingerprint density at radius 1 is 1.04 bits per heavy atom. The summed E-state index contributed by atoms with van der Waals surface area (Å²) in [6, 6.07) is 22.9. The SMILES string of the molecule is CSc1cc(-c2ccc(Br)cc2)c2sc(-c3ccccc3)nc2c1C#N. The predicted octanol–water partition coefficient (Wildman–Crippen LogP) is 6.99. The molecule has 0 bridgehead atoms. The maximum absolute atomic E-state index is 9.72. The molecule has 0 aliphatic heterocycles. The topological polar surface area (TPSA) is 36.7 Å². The lowest BCUT2D eigenvalue weighted by molar-refractivity contribution is 1.37. The molecule has 0 N–H and O–H groups in total. The molecule has 5 heteroatoms. The zero-order valence-electron chi connectivity index (χ0n) is 13.9. The van der Waals surface area contributed by atoms with E-state index < -0.39 is 0 Å². The van der Waals surface area contributed by atoms with Crippen LogP contribution in [-0.4, -0.2) is 11.2 Å². The second-order valence-corrected chi connectivity index (χ2v) is 8.45. The van der Waals surface area contributed by atoms with E-state index in [2.05, 4.69) is 52.3 Å². The first-order valence-electron chi connectivity index (χ1n) is 7.94. The predicted molar refractivity (Wildman–Crippen MR) is 115 cm³/mol. The molecule has 1 aromatic heterocycles. The lowest BCUT2D eigenvalue weighted by atomic mass is 10.0. The third-order valence-corrected chi connectivity index (χ3v) is 6.57. The highest BCUT2D eigenvalue weighted by Gasteiger charge is 2.18. The van der Waals surface area contributed by atoms with E-state index in [9.17, 15) is 5.26 Å². The number of hydrogen-bond acceptors (Lipinski definition) is 4. The second kappa shape index (κ2) is 7.24. The fourth-order valence-electron chi connectivity index (χ4n) is 2.87. The van der Waals surface area contributed by atoms with Crippen LogP contribution in [-0.2, 0) is 0 Å². The average Bonchev–Trinajstić information content (AvgIpc) is 3.13. The number of rotatable bonds is 3. The number of aromatic nitrogens is 1. The summed E-state index contributed by atoms with van der Waals surface area (Å²) in [6.45, 7) is 0. The molecule has 0 radical (unpaired) electrons. The van der Waals surface area contributed by atoms with Crippen LogP contribution in [0.15, 0.2) is 70.0 Å². The van der Waals surface area contributed by atoms with Gasteiger partial charge in [0.25, 0.3) is 0 Å². The summed E-state index contributed by atoms with van der Waals surface area (Å²) in [6.07, 6.45) is 2.00. The number of hydrogen-bond donors (Lipinski definition) is 0. The Kier molecular flexibility index (Phi) is 4.82. The van der Waals surface area contributed by atoms with Crippen LogP contribution in [0.1, 0.15) is 5.56 Å². The minimum atomic E-state index is 0.659. The Morgan fingerprint density at radius 2 is 1.77 bits per heavy atom. The zero-order valence-corrected chi connectivity index (χ0v) is 17.1. The fourth-order valence-corrected chi connectivity index (χ4v) is 4.84. The van der Waals surface area contributed by atoms with E-state index >= 15 is 0 Å². The van der Waals surface area contributed by atoms with Crippen molar-refractivity contribution in [2.75, 3.05) is 6.26 Å². The molecule has 126 valence electrons. The van der Waals surface area contributed by atoms with Crippen LogP contribution in [0.4, 0.5) is 0 Å². The molecule has 0 amide bonds. The van der Waals surface area contributed by atoms with E-state index in [4.69, 9.17) is 4.98 Å². The summed E-state index contributed by atoms with van der Waals surface area (Å²) in [5, 5.41) is 10.7. The lowest BCUT2D eigenvalue weighted by Crippen LogP contribution is -1.88. The molecule has 0 saturated heterocycles. The first-order chi connectivity index (χ1) is 12.7. The second-order valence-electron chi connectivity index (χ2n) is 5.68. The number of fused-ring (bicyclic) bond motifs is 1. The van der Waals surface area contributed by atoms with Gasteiger partial charge in [-0.1, -0.05) is 58.4 Å². The van der Waals surface area contributed by atoms with Gasteiger partial charge in [-0.2, -0.15) is 5.26 Å². The molecule has 4 rings (SSSR count). The largest absolute Gasteiger partial charge is 0.235 e. The van der Waals surface area contributed by atoms with Gasteiger partial charge in [0.05, 0.1) is 10.3 Å². The summed E-state index contributed by atoms with van der Waals surface area (Å²) in [4.78, 5) is 5.80. The van der Waals surface area contributed by atoms with Crippen molar-refractivity contribution < 1.29 is 0 Å². The summed E-state index contributed by atoms with van der Waals surface area (Å²) in [5.74, 6) is 0. The molecular weight excluding hydrogens is 424 g/mol. The quantitative estimate of drug-likeness (QED) is 0.324. The molecule has 0 unspecified atom stereocenters. The third kappa shape index (κ3) is 3.05. The number of thiazole rings is 1. The molecule has 4 aromatic rings. The van der Waals surface area contributed by atoms with Crippen LogP contribution in [0.3, 0.4) is 0 Å². The molecule has 0 spiro atoms. The van der Waals surface area contributed by atoms with Crippen LogP contribution < -0.4 is 0 Å². The minimum absolute atomic E-state index is 0.659. The number of thioether (sulfide) groups is 1. The van der Waals surface area contributed by atoms with Crippen molar-refractivity contribution in [3.63, 3.8) is 0 Å².